The largest absolute Gasteiger partial charge is 0.340 e. The van der Waals surface area contributed by atoms with Gasteiger partial charge in [0.1, 0.15) is 0 Å². The molecule has 2 rings (SSSR count). The van der Waals surface area contributed by atoms with Crippen molar-refractivity contribution in [2.45, 2.75) is 13.0 Å². The van der Waals surface area contributed by atoms with Gasteiger partial charge in [0.2, 0.25) is 5.89 Å². The lowest BCUT2D eigenvalue weighted by Gasteiger charge is -2.04. The van der Waals surface area contributed by atoms with Gasteiger partial charge in [0.15, 0.2) is 6.33 Å². The minimum Gasteiger partial charge on any atom is -0.340 e. The molecular weight excluding hydrogens is 316 g/mol. The zero-order chi connectivity index (χ0) is 13.7. The van der Waals surface area contributed by atoms with Crippen molar-refractivity contribution in [1.82, 2.24) is 15.5 Å². The molecule has 0 aliphatic rings. The van der Waals surface area contributed by atoms with Crippen molar-refractivity contribution >= 4 is 21.6 Å². The SMILES string of the molecule is O=[N+]([O-])c1cc(Br)cc(CNCCc2ncno2)c1. The van der Waals surface area contributed by atoms with Crippen molar-refractivity contribution in [3.05, 3.63) is 50.6 Å². The number of aromatic nitrogens is 2. The highest BCUT2D eigenvalue weighted by Crippen LogP contribution is 2.21. The summed E-state index contributed by atoms with van der Waals surface area (Å²) < 4.78 is 5.55. The van der Waals surface area contributed by atoms with Gasteiger partial charge in [-0.2, -0.15) is 4.98 Å². The van der Waals surface area contributed by atoms with Gasteiger partial charge in [-0.1, -0.05) is 21.1 Å². The second kappa shape index (κ2) is 6.39. The van der Waals surface area contributed by atoms with Gasteiger partial charge in [-0.25, -0.2) is 0 Å². The van der Waals surface area contributed by atoms with Crippen molar-refractivity contribution < 1.29 is 9.45 Å². The molecule has 1 aromatic heterocycles. The third kappa shape index (κ3) is 4.11. The molecule has 1 N–H and O–H groups in total. The van der Waals surface area contributed by atoms with E-state index >= 15 is 0 Å². The van der Waals surface area contributed by atoms with Crippen LogP contribution in [0.1, 0.15) is 11.5 Å². The van der Waals surface area contributed by atoms with Crippen LogP contribution in [0.5, 0.6) is 0 Å². The number of hydrogen-bond donors (Lipinski definition) is 1. The predicted molar refractivity (Wildman–Crippen MR) is 70.5 cm³/mol. The Labute approximate surface area is 117 Å². The van der Waals surface area contributed by atoms with Gasteiger partial charge in [0.25, 0.3) is 5.69 Å². The van der Waals surface area contributed by atoms with Crippen LogP contribution in [0.4, 0.5) is 5.69 Å². The van der Waals surface area contributed by atoms with Gasteiger partial charge in [-0.15, -0.1) is 0 Å². The first-order valence-corrected chi connectivity index (χ1v) is 6.34. The second-order valence-corrected chi connectivity index (χ2v) is 4.75. The maximum absolute atomic E-state index is 10.7. The fraction of sp³-hybridized carbons (Fsp3) is 0.273. The summed E-state index contributed by atoms with van der Waals surface area (Å²) in [6.45, 7) is 1.19. The molecule has 0 radical (unpaired) electrons. The third-order valence-electron chi connectivity index (χ3n) is 2.40. The fourth-order valence-corrected chi connectivity index (χ4v) is 2.10. The number of benzene rings is 1. The van der Waals surface area contributed by atoms with Crippen molar-refractivity contribution in [1.29, 1.82) is 0 Å². The Balaban J connectivity index is 1.87. The number of nitrogens with zero attached hydrogens (tertiary/aromatic N) is 3. The maximum atomic E-state index is 10.7. The first-order chi connectivity index (χ1) is 9.15. The first kappa shape index (κ1) is 13.6. The summed E-state index contributed by atoms with van der Waals surface area (Å²) >= 11 is 3.26. The van der Waals surface area contributed by atoms with Crippen LogP contribution in [0, 0.1) is 10.1 Å². The summed E-state index contributed by atoms with van der Waals surface area (Å²) in [7, 11) is 0. The minimum atomic E-state index is -0.410. The molecule has 0 amide bonds. The quantitative estimate of drug-likeness (QED) is 0.496. The highest BCUT2D eigenvalue weighted by molar-refractivity contribution is 9.10. The molecule has 8 heteroatoms. The molecule has 1 aromatic carbocycles. The van der Waals surface area contributed by atoms with E-state index in [1.54, 1.807) is 6.07 Å². The number of non-ortho nitro benzene ring substituents is 1. The molecule has 7 nitrogen and oxygen atoms in total. The predicted octanol–water partition coefficient (Wildman–Crippen LogP) is 2.07. The lowest BCUT2D eigenvalue weighted by Crippen LogP contribution is -2.16. The monoisotopic (exact) mass is 326 g/mol. The van der Waals surface area contributed by atoms with Crippen LogP contribution in [0.3, 0.4) is 0 Å². The Morgan fingerprint density at radius 1 is 1.42 bits per heavy atom. The average molecular weight is 327 g/mol. The standard InChI is InChI=1S/C11H11BrN4O3/c12-9-3-8(4-10(5-9)16(17)18)6-13-2-1-11-14-7-15-19-11/h3-5,7,13H,1-2,6H2. The molecule has 0 saturated heterocycles. The Bertz CT molecular complexity index is 559. The Hall–Kier alpha value is -1.80. The number of nitro groups is 1. The van der Waals surface area contributed by atoms with Gasteiger partial charge in [-0.3, -0.25) is 10.1 Å². The van der Waals surface area contributed by atoms with Crippen molar-refractivity contribution in [2.75, 3.05) is 6.54 Å². The van der Waals surface area contributed by atoms with E-state index in [0.717, 1.165) is 5.56 Å². The summed E-state index contributed by atoms with van der Waals surface area (Å²) in [6, 6.07) is 4.86. The molecule has 19 heavy (non-hydrogen) atoms. The minimum absolute atomic E-state index is 0.0723. The van der Waals surface area contributed by atoms with Gasteiger partial charge in [-0.05, 0) is 11.6 Å². The molecule has 1 heterocycles. The molecular formula is C11H11BrN4O3. The van der Waals surface area contributed by atoms with Crippen LogP contribution < -0.4 is 5.32 Å². The zero-order valence-electron chi connectivity index (χ0n) is 9.88. The summed E-state index contributed by atoms with van der Waals surface area (Å²) in [6.07, 6.45) is 1.98. The van der Waals surface area contributed by atoms with Crippen LogP contribution in [0.25, 0.3) is 0 Å². The van der Waals surface area contributed by atoms with E-state index < -0.39 is 4.92 Å². The number of nitrogens with one attached hydrogen (secondary N) is 1. The average Bonchev–Trinajstić information content (AvgIpc) is 2.87. The number of rotatable bonds is 6. The molecule has 0 aliphatic carbocycles. The normalized spacial score (nSPS) is 10.6. The van der Waals surface area contributed by atoms with E-state index in [9.17, 15) is 10.1 Å². The number of hydrogen-bond acceptors (Lipinski definition) is 6. The van der Waals surface area contributed by atoms with E-state index in [1.165, 1.54) is 12.4 Å². The Morgan fingerprint density at radius 3 is 2.95 bits per heavy atom. The van der Waals surface area contributed by atoms with Crippen molar-refractivity contribution in [3.8, 4) is 0 Å². The van der Waals surface area contributed by atoms with E-state index in [4.69, 9.17) is 4.52 Å². The Morgan fingerprint density at radius 2 is 2.26 bits per heavy atom. The van der Waals surface area contributed by atoms with Gasteiger partial charge in [0, 0.05) is 36.1 Å². The smallest absolute Gasteiger partial charge is 0.270 e. The molecule has 0 fully saturated rings. The Kier molecular flexibility index (Phi) is 4.58. The third-order valence-corrected chi connectivity index (χ3v) is 2.86. The summed E-state index contributed by atoms with van der Waals surface area (Å²) in [5.74, 6) is 0.563. The highest BCUT2D eigenvalue weighted by Gasteiger charge is 2.08. The highest BCUT2D eigenvalue weighted by atomic mass is 79.9. The number of halogens is 1. The van der Waals surface area contributed by atoms with Crippen molar-refractivity contribution in [3.63, 3.8) is 0 Å². The van der Waals surface area contributed by atoms with Crippen LogP contribution in [-0.4, -0.2) is 21.6 Å². The van der Waals surface area contributed by atoms with Gasteiger partial charge in [0.05, 0.1) is 4.92 Å². The topological polar surface area (TPSA) is 94.1 Å². The van der Waals surface area contributed by atoms with Crippen molar-refractivity contribution in [2.24, 2.45) is 0 Å². The molecule has 100 valence electrons. The van der Waals surface area contributed by atoms with E-state index in [2.05, 4.69) is 31.4 Å². The second-order valence-electron chi connectivity index (χ2n) is 3.84. The lowest BCUT2D eigenvalue weighted by molar-refractivity contribution is -0.385. The molecule has 0 aliphatic heterocycles. The first-order valence-electron chi connectivity index (χ1n) is 5.55. The molecule has 0 atom stereocenters. The van der Waals surface area contributed by atoms with Crippen LogP contribution in [0.15, 0.2) is 33.5 Å². The summed E-state index contributed by atoms with van der Waals surface area (Å²) in [4.78, 5) is 14.2. The summed E-state index contributed by atoms with van der Waals surface area (Å²) in [5.41, 5.74) is 0.912. The number of nitro benzene ring substituents is 1. The van der Waals surface area contributed by atoms with Gasteiger partial charge >= 0.3 is 0 Å². The van der Waals surface area contributed by atoms with Crippen LogP contribution in [0.2, 0.25) is 0 Å². The molecule has 2 aromatic rings. The molecule has 0 bridgehead atoms. The van der Waals surface area contributed by atoms with Gasteiger partial charge < -0.3 is 9.84 Å². The molecule has 0 saturated carbocycles. The van der Waals surface area contributed by atoms with Crippen LogP contribution in [-0.2, 0) is 13.0 Å². The molecule has 0 spiro atoms. The zero-order valence-corrected chi connectivity index (χ0v) is 11.5. The molecule has 0 unspecified atom stereocenters. The maximum Gasteiger partial charge on any atom is 0.270 e. The lowest BCUT2D eigenvalue weighted by atomic mass is 10.2. The van der Waals surface area contributed by atoms with E-state index in [0.29, 0.717) is 29.9 Å². The van der Waals surface area contributed by atoms with Crippen LogP contribution >= 0.6 is 15.9 Å². The van der Waals surface area contributed by atoms with E-state index in [-0.39, 0.29) is 5.69 Å². The summed E-state index contributed by atoms with van der Waals surface area (Å²) in [5, 5.41) is 17.4. The fourth-order valence-electron chi connectivity index (χ4n) is 1.57. The van der Waals surface area contributed by atoms with E-state index in [1.807, 2.05) is 6.07 Å².